The number of aromatic nitrogens is 5. The number of benzene rings is 2. The molecule has 2 aromatic carbocycles. The Hall–Kier alpha value is -5.14. The van der Waals surface area contributed by atoms with Gasteiger partial charge >= 0.3 is 0 Å². The average Bonchev–Trinajstić information content (AvgIpc) is 3.43. The number of rotatable bonds is 8. The van der Waals surface area contributed by atoms with Gasteiger partial charge in [-0.1, -0.05) is 29.5 Å². The molecule has 2 heterocycles. The Bertz CT molecular complexity index is 1380. The summed E-state index contributed by atoms with van der Waals surface area (Å²) in [5, 5.41) is 21.8. The predicted octanol–water partition coefficient (Wildman–Crippen LogP) is 0.847. The van der Waals surface area contributed by atoms with Crippen LogP contribution in [0.15, 0.2) is 58.3 Å². The van der Waals surface area contributed by atoms with Crippen LogP contribution < -0.4 is 22.2 Å². The fourth-order valence-corrected chi connectivity index (χ4v) is 2.98. The topological polar surface area (TPSA) is 192 Å². The van der Waals surface area contributed by atoms with E-state index in [0.29, 0.717) is 11.3 Å². The molecule has 0 aliphatic carbocycles. The molecule has 13 nitrogen and oxygen atoms in total. The molecule has 34 heavy (non-hydrogen) atoms. The molecule has 0 aliphatic heterocycles. The Morgan fingerprint density at radius 1 is 1.18 bits per heavy atom. The molecule has 2 aromatic heterocycles. The molecule has 2 amide bonds. The number of nitrogens with two attached hydrogens (primary N) is 2. The largest absolute Gasteiger partial charge is 0.379 e. The Morgan fingerprint density at radius 2 is 2.00 bits per heavy atom. The van der Waals surface area contributed by atoms with Gasteiger partial charge in [-0.2, -0.15) is 9.78 Å². The number of nitrogen functional groups attached to an aromatic ring is 1. The maximum absolute atomic E-state index is 13.3. The van der Waals surface area contributed by atoms with E-state index in [1.165, 1.54) is 24.4 Å². The highest BCUT2D eigenvalue weighted by molar-refractivity contribution is 5.98. The molecule has 14 heteroatoms. The number of carbonyl (C=O) groups is 2. The van der Waals surface area contributed by atoms with Crippen LogP contribution in [0.1, 0.15) is 32.1 Å². The Labute approximate surface area is 190 Å². The lowest BCUT2D eigenvalue weighted by molar-refractivity contribution is 0.0947. The van der Waals surface area contributed by atoms with E-state index < -0.39 is 17.6 Å². The third kappa shape index (κ3) is 4.69. The normalized spacial score (nSPS) is 11.0. The van der Waals surface area contributed by atoms with Crippen molar-refractivity contribution in [3.05, 3.63) is 76.9 Å². The summed E-state index contributed by atoms with van der Waals surface area (Å²) in [7, 11) is 0. The van der Waals surface area contributed by atoms with Crippen LogP contribution in [0.3, 0.4) is 0 Å². The summed E-state index contributed by atoms with van der Waals surface area (Å²) in [5.74, 6) is -1.87. The van der Waals surface area contributed by atoms with Crippen molar-refractivity contribution in [2.75, 3.05) is 11.1 Å². The molecular weight excluding hydrogens is 447 g/mol. The number of nitrogens with one attached hydrogen (secondary N) is 2. The quantitative estimate of drug-likeness (QED) is 0.216. The lowest BCUT2D eigenvalue weighted by Crippen LogP contribution is -2.22. The SMILES string of the molecule is NC(=O)c1ccccc1NCc1c(C(=O)N/N=C/c2cccc(F)c2)nnn1-c1nonc1N. The Morgan fingerprint density at radius 3 is 2.74 bits per heavy atom. The number of hydrazone groups is 1. The highest BCUT2D eigenvalue weighted by Crippen LogP contribution is 2.19. The van der Waals surface area contributed by atoms with E-state index in [9.17, 15) is 14.0 Å². The maximum Gasteiger partial charge on any atom is 0.293 e. The average molecular weight is 464 g/mol. The molecule has 172 valence electrons. The monoisotopic (exact) mass is 464 g/mol. The molecule has 0 atom stereocenters. The van der Waals surface area contributed by atoms with Crippen LogP contribution in [-0.2, 0) is 6.54 Å². The van der Waals surface area contributed by atoms with Crippen molar-refractivity contribution in [2.24, 2.45) is 10.8 Å². The summed E-state index contributed by atoms with van der Waals surface area (Å²) in [6, 6.07) is 12.2. The van der Waals surface area contributed by atoms with Crippen molar-refractivity contribution < 1.29 is 18.6 Å². The number of amides is 2. The third-order valence-corrected chi connectivity index (χ3v) is 4.54. The number of primary amides is 1. The molecule has 0 unspecified atom stereocenters. The maximum atomic E-state index is 13.3. The fourth-order valence-electron chi connectivity index (χ4n) is 2.98. The van der Waals surface area contributed by atoms with Crippen molar-refractivity contribution in [3.63, 3.8) is 0 Å². The summed E-state index contributed by atoms with van der Waals surface area (Å²) < 4.78 is 19.1. The number of para-hydroxylation sites is 1. The van der Waals surface area contributed by atoms with E-state index in [4.69, 9.17) is 11.5 Å². The highest BCUT2D eigenvalue weighted by atomic mass is 19.1. The first-order chi connectivity index (χ1) is 16.4. The molecule has 6 N–H and O–H groups in total. The molecule has 0 bridgehead atoms. The van der Waals surface area contributed by atoms with Crippen molar-refractivity contribution in [2.45, 2.75) is 6.54 Å². The van der Waals surface area contributed by atoms with Crippen LogP contribution in [0.5, 0.6) is 0 Å². The summed E-state index contributed by atoms with van der Waals surface area (Å²) in [5.41, 5.74) is 14.7. The smallest absolute Gasteiger partial charge is 0.293 e. The minimum atomic E-state index is -0.714. The number of carbonyl (C=O) groups excluding carboxylic acids is 2. The van der Waals surface area contributed by atoms with Crippen LogP contribution in [0, 0.1) is 5.82 Å². The molecule has 0 fully saturated rings. The van der Waals surface area contributed by atoms with Crippen LogP contribution in [0.25, 0.3) is 5.82 Å². The van der Waals surface area contributed by atoms with E-state index in [2.05, 4.69) is 41.1 Å². The highest BCUT2D eigenvalue weighted by Gasteiger charge is 2.24. The molecule has 4 aromatic rings. The lowest BCUT2D eigenvalue weighted by Gasteiger charge is -2.11. The molecule has 4 rings (SSSR count). The van der Waals surface area contributed by atoms with Crippen molar-refractivity contribution >= 4 is 29.5 Å². The van der Waals surface area contributed by atoms with Gasteiger partial charge in [0.2, 0.25) is 11.6 Å². The van der Waals surface area contributed by atoms with Crippen LogP contribution in [0.4, 0.5) is 15.9 Å². The molecule has 0 saturated carbocycles. The van der Waals surface area contributed by atoms with E-state index in [-0.39, 0.29) is 35.1 Å². The van der Waals surface area contributed by atoms with E-state index in [1.807, 2.05) is 0 Å². The van der Waals surface area contributed by atoms with Crippen LogP contribution >= 0.6 is 0 Å². The van der Waals surface area contributed by atoms with E-state index in [1.54, 1.807) is 30.3 Å². The first-order valence-electron chi connectivity index (χ1n) is 9.68. The van der Waals surface area contributed by atoms with Gasteiger partial charge in [-0.15, -0.1) is 5.10 Å². The fraction of sp³-hybridized carbons (Fsp3) is 0.0500. The van der Waals surface area contributed by atoms with Crippen molar-refractivity contribution in [3.8, 4) is 5.82 Å². The van der Waals surface area contributed by atoms with Gasteiger partial charge in [-0.25, -0.2) is 14.4 Å². The second-order valence-corrected chi connectivity index (χ2v) is 6.79. The predicted molar refractivity (Wildman–Crippen MR) is 117 cm³/mol. The number of anilines is 2. The standard InChI is InChI=1S/C20H17FN10O3/c21-12-5-3-4-11(8-12)9-25-27-20(33)16-15(31(30-26-16)19-17(22)28-34-29-19)10-24-14-7-2-1-6-13(14)18(23)32/h1-9,24H,10H2,(H2,22,28)(H2,23,32)(H,27,33)/b25-9+. The minimum absolute atomic E-state index is 0.00907. The lowest BCUT2D eigenvalue weighted by atomic mass is 10.1. The van der Waals surface area contributed by atoms with Gasteiger partial charge in [-0.3, -0.25) is 9.59 Å². The second-order valence-electron chi connectivity index (χ2n) is 6.79. The van der Waals surface area contributed by atoms with Gasteiger partial charge in [0, 0.05) is 5.69 Å². The third-order valence-electron chi connectivity index (χ3n) is 4.54. The first-order valence-corrected chi connectivity index (χ1v) is 9.68. The van der Waals surface area contributed by atoms with Crippen LogP contribution in [0.2, 0.25) is 0 Å². The zero-order valence-electron chi connectivity index (χ0n) is 17.3. The zero-order valence-corrected chi connectivity index (χ0v) is 17.3. The number of halogens is 1. The molecule has 0 spiro atoms. The Kier molecular flexibility index (Phi) is 6.20. The summed E-state index contributed by atoms with van der Waals surface area (Å²) in [6.45, 7) is -0.0417. The molecular formula is C20H17FN10O3. The number of hydrogen-bond acceptors (Lipinski definition) is 10. The van der Waals surface area contributed by atoms with E-state index in [0.717, 1.165) is 4.68 Å². The summed E-state index contributed by atoms with van der Waals surface area (Å²) in [6.07, 6.45) is 1.27. The minimum Gasteiger partial charge on any atom is -0.379 e. The summed E-state index contributed by atoms with van der Waals surface area (Å²) in [4.78, 5) is 24.5. The summed E-state index contributed by atoms with van der Waals surface area (Å²) >= 11 is 0. The molecule has 0 radical (unpaired) electrons. The first kappa shape index (κ1) is 22.1. The van der Waals surface area contributed by atoms with E-state index >= 15 is 0 Å². The number of nitrogens with zero attached hydrogens (tertiary/aromatic N) is 6. The molecule has 0 aliphatic rings. The van der Waals surface area contributed by atoms with Gasteiger partial charge in [0.05, 0.1) is 24.0 Å². The Balaban J connectivity index is 1.61. The zero-order chi connectivity index (χ0) is 24.1. The van der Waals surface area contributed by atoms with Gasteiger partial charge in [0.15, 0.2) is 5.69 Å². The van der Waals surface area contributed by atoms with Gasteiger partial charge in [-0.05, 0) is 40.1 Å². The van der Waals surface area contributed by atoms with Crippen LogP contribution in [-0.4, -0.2) is 43.3 Å². The van der Waals surface area contributed by atoms with Gasteiger partial charge in [0.1, 0.15) is 5.82 Å². The number of hydrogen-bond donors (Lipinski definition) is 4. The van der Waals surface area contributed by atoms with Crippen molar-refractivity contribution in [1.82, 2.24) is 30.7 Å². The van der Waals surface area contributed by atoms with Crippen molar-refractivity contribution in [1.29, 1.82) is 0 Å². The van der Waals surface area contributed by atoms with Gasteiger partial charge < -0.3 is 16.8 Å². The molecule has 0 saturated heterocycles. The second kappa shape index (κ2) is 9.56. The van der Waals surface area contributed by atoms with Gasteiger partial charge in [0.25, 0.3) is 11.8 Å².